The van der Waals surface area contributed by atoms with Gasteiger partial charge in [0.2, 0.25) is 0 Å². The van der Waals surface area contributed by atoms with E-state index in [1.807, 2.05) is 0 Å². The number of phosphoric acid groups is 2. The van der Waals surface area contributed by atoms with Crippen molar-refractivity contribution in [2.75, 3.05) is 39.6 Å². The van der Waals surface area contributed by atoms with Crippen LogP contribution in [0.4, 0.5) is 0 Å². The topological polar surface area (TPSA) is 237 Å². The summed E-state index contributed by atoms with van der Waals surface area (Å²) in [5.74, 6) is 0.761. The first-order valence-electron chi connectivity index (χ1n) is 34.7. The predicted octanol–water partition coefficient (Wildman–Crippen LogP) is 18.5. The number of aliphatic hydroxyl groups is 1. The first-order valence-corrected chi connectivity index (χ1v) is 37.7. The van der Waals surface area contributed by atoms with E-state index < -0.39 is 97.5 Å². The zero-order chi connectivity index (χ0) is 63.9. The molecule has 3 unspecified atom stereocenters. The SMILES string of the molecule is CC(C)CCCCCCCCCCCCCCC(=O)O[C@H](COC(=O)CCCCCCCCC(C)C)COP(=O)(O)OCC(O)COP(=O)(O)OC[C@@H](COC(=O)CCCCCCCCCC(C)C)OC(=O)CCCCCCCCCCCC(C)C. The van der Waals surface area contributed by atoms with Gasteiger partial charge in [0, 0.05) is 25.7 Å². The minimum atomic E-state index is -4.95. The number of hydrogen-bond acceptors (Lipinski definition) is 15. The van der Waals surface area contributed by atoms with Crippen LogP contribution in [-0.4, -0.2) is 96.7 Å². The van der Waals surface area contributed by atoms with Crippen LogP contribution < -0.4 is 0 Å². The van der Waals surface area contributed by atoms with Crippen molar-refractivity contribution in [2.24, 2.45) is 23.7 Å². The second-order valence-electron chi connectivity index (χ2n) is 26.1. The van der Waals surface area contributed by atoms with Gasteiger partial charge >= 0.3 is 39.5 Å². The molecule has 0 aromatic heterocycles. The molecule has 0 aromatic rings. The molecule has 0 heterocycles. The number of unbranched alkanes of at least 4 members (excludes halogenated alkanes) is 30. The lowest BCUT2D eigenvalue weighted by molar-refractivity contribution is -0.161. The highest BCUT2D eigenvalue weighted by Crippen LogP contribution is 2.45. The maximum absolute atomic E-state index is 13.0. The van der Waals surface area contributed by atoms with Crippen LogP contribution in [0.15, 0.2) is 0 Å². The molecule has 510 valence electrons. The number of esters is 4. The first-order chi connectivity index (χ1) is 41.1. The predicted molar refractivity (Wildman–Crippen MR) is 344 cm³/mol. The molecule has 0 aromatic carbocycles. The van der Waals surface area contributed by atoms with Gasteiger partial charge < -0.3 is 33.8 Å². The fourth-order valence-corrected chi connectivity index (χ4v) is 11.5. The number of carbonyl (C=O) groups is 4. The Morgan fingerprint density at radius 3 is 0.721 bits per heavy atom. The summed E-state index contributed by atoms with van der Waals surface area (Å²) in [5, 5.41) is 10.6. The lowest BCUT2D eigenvalue weighted by Crippen LogP contribution is -2.30. The van der Waals surface area contributed by atoms with E-state index in [-0.39, 0.29) is 25.7 Å². The van der Waals surface area contributed by atoms with Crippen molar-refractivity contribution in [1.82, 2.24) is 0 Å². The number of hydrogen-bond donors (Lipinski definition) is 3. The van der Waals surface area contributed by atoms with Crippen molar-refractivity contribution in [2.45, 2.75) is 343 Å². The van der Waals surface area contributed by atoms with E-state index >= 15 is 0 Å². The lowest BCUT2D eigenvalue weighted by atomic mass is 10.0. The molecule has 3 N–H and O–H groups in total. The Morgan fingerprint density at radius 2 is 0.488 bits per heavy atom. The molecule has 19 heteroatoms. The summed E-state index contributed by atoms with van der Waals surface area (Å²) in [4.78, 5) is 72.3. The molecular weight excluding hydrogens is 1140 g/mol. The van der Waals surface area contributed by atoms with Gasteiger partial charge in [0.1, 0.15) is 19.3 Å². The highest BCUT2D eigenvalue weighted by molar-refractivity contribution is 7.47. The van der Waals surface area contributed by atoms with Crippen LogP contribution in [0.25, 0.3) is 0 Å². The lowest BCUT2D eigenvalue weighted by Gasteiger charge is -2.21. The zero-order valence-corrected chi connectivity index (χ0v) is 57.7. The summed E-state index contributed by atoms with van der Waals surface area (Å²) in [6, 6.07) is 0. The smallest absolute Gasteiger partial charge is 0.462 e. The molecule has 0 aliphatic heterocycles. The molecular formula is C67H130O17P2. The second-order valence-corrected chi connectivity index (χ2v) is 29.0. The van der Waals surface area contributed by atoms with E-state index in [1.165, 1.54) is 116 Å². The van der Waals surface area contributed by atoms with Gasteiger partial charge in [0.15, 0.2) is 12.2 Å². The van der Waals surface area contributed by atoms with Crippen LogP contribution in [0.5, 0.6) is 0 Å². The molecule has 5 atom stereocenters. The minimum absolute atomic E-state index is 0.104. The molecule has 0 fully saturated rings. The Kier molecular flexibility index (Phi) is 55.7. The third-order valence-corrected chi connectivity index (χ3v) is 17.2. The van der Waals surface area contributed by atoms with Crippen molar-refractivity contribution in [3.63, 3.8) is 0 Å². The van der Waals surface area contributed by atoms with E-state index in [0.717, 1.165) is 115 Å². The third-order valence-electron chi connectivity index (χ3n) is 15.3. The maximum atomic E-state index is 13.0. The molecule has 0 saturated heterocycles. The van der Waals surface area contributed by atoms with Crippen molar-refractivity contribution in [3.05, 3.63) is 0 Å². The molecule has 0 radical (unpaired) electrons. The van der Waals surface area contributed by atoms with Gasteiger partial charge in [-0.15, -0.1) is 0 Å². The fraction of sp³-hybridized carbons (Fsp3) is 0.940. The molecule has 0 aliphatic carbocycles. The van der Waals surface area contributed by atoms with E-state index in [0.29, 0.717) is 37.5 Å². The Balaban J connectivity index is 5.24. The summed E-state index contributed by atoms with van der Waals surface area (Å²) < 4.78 is 68.1. The Morgan fingerprint density at radius 1 is 0.291 bits per heavy atom. The summed E-state index contributed by atoms with van der Waals surface area (Å²) >= 11 is 0. The van der Waals surface area contributed by atoms with E-state index in [9.17, 15) is 43.2 Å². The average molecular weight is 1270 g/mol. The van der Waals surface area contributed by atoms with Crippen LogP contribution in [0, 0.1) is 23.7 Å². The Labute approximate surface area is 524 Å². The van der Waals surface area contributed by atoms with Crippen LogP contribution in [0.2, 0.25) is 0 Å². The number of rotatable bonds is 64. The van der Waals surface area contributed by atoms with Gasteiger partial charge in [-0.1, -0.05) is 274 Å². The average Bonchev–Trinajstić information content (AvgIpc) is 3.67. The number of phosphoric ester groups is 2. The standard InChI is InChI=1S/C67H130O17P2/c1-57(2)43-35-27-19-14-11-9-10-12-16-22-33-41-49-66(71)84-63(54-78-65(70)48-40-32-26-25-30-38-46-60(7)8)56-82-86(75,76)80-52-61(68)51-79-85(73,74)81-55-62(53-77-64(69)47-39-31-24-18-21-29-37-45-59(5)6)83-67(72)50-42-34-23-17-13-15-20-28-36-44-58(3)4/h57-63,68H,9-56H2,1-8H3,(H,73,74)(H,75,76)/t61?,62-,63-/m1/s1. The zero-order valence-electron chi connectivity index (χ0n) is 55.9. The monoisotopic (exact) mass is 1270 g/mol. The molecule has 0 aliphatic rings. The van der Waals surface area contributed by atoms with Crippen molar-refractivity contribution >= 4 is 39.5 Å². The molecule has 17 nitrogen and oxygen atoms in total. The molecule has 0 bridgehead atoms. The molecule has 0 spiro atoms. The Hall–Kier alpha value is -1.94. The van der Waals surface area contributed by atoms with Crippen molar-refractivity contribution in [3.8, 4) is 0 Å². The summed E-state index contributed by atoms with van der Waals surface area (Å²) in [6.45, 7) is 14.0. The molecule has 0 saturated carbocycles. The van der Waals surface area contributed by atoms with E-state index in [2.05, 4.69) is 55.4 Å². The number of aliphatic hydroxyl groups excluding tert-OH is 1. The third kappa shape index (κ3) is 60.9. The Bertz CT molecular complexity index is 1710. The van der Waals surface area contributed by atoms with Gasteiger partial charge in [0.05, 0.1) is 26.4 Å². The largest absolute Gasteiger partial charge is 0.472 e. The normalized spacial score (nSPS) is 14.4. The van der Waals surface area contributed by atoms with Gasteiger partial charge in [-0.3, -0.25) is 37.3 Å². The van der Waals surface area contributed by atoms with Crippen molar-refractivity contribution in [1.29, 1.82) is 0 Å². The minimum Gasteiger partial charge on any atom is -0.462 e. The van der Waals surface area contributed by atoms with E-state index in [4.69, 9.17) is 37.0 Å². The van der Waals surface area contributed by atoms with Crippen LogP contribution in [-0.2, 0) is 65.4 Å². The number of ether oxygens (including phenoxy) is 4. The van der Waals surface area contributed by atoms with E-state index in [1.54, 1.807) is 0 Å². The van der Waals surface area contributed by atoms with Gasteiger partial charge in [-0.05, 0) is 49.4 Å². The second kappa shape index (κ2) is 57.0. The quantitative estimate of drug-likeness (QED) is 0.0222. The van der Waals surface area contributed by atoms with Crippen LogP contribution in [0.3, 0.4) is 0 Å². The summed E-state index contributed by atoms with van der Waals surface area (Å²) in [6.07, 6.45) is 37.8. The fourth-order valence-electron chi connectivity index (χ4n) is 9.96. The first kappa shape index (κ1) is 84.1. The van der Waals surface area contributed by atoms with Crippen molar-refractivity contribution < 1.29 is 80.2 Å². The van der Waals surface area contributed by atoms with Gasteiger partial charge in [0.25, 0.3) is 0 Å². The maximum Gasteiger partial charge on any atom is 0.472 e. The highest BCUT2D eigenvalue weighted by Gasteiger charge is 2.30. The van der Waals surface area contributed by atoms with Gasteiger partial charge in [-0.2, -0.15) is 0 Å². The van der Waals surface area contributed by atoms with Gasteiger partial charge in [-0.25, -0.2) is 9.13 Å². The summed E-state index contributed by atoms with van der Waals surface area (Å²) in [7, 11) is -9.90. The molecule has 86 heavy (non-hydrogen) atoms. The molecule has 0 amide bonds. The molecule has 0 rings (SSSR count). The van der Waals surface area contributed by atoms with Crippen LogP contribution in [0.1, 0.15) is 325 Å². The number of carbonyl (C=O) groups excluding carboxylic acids is 4. The highest BCUT2D eigenvalue weighted by atomic mass is 31.2. The van der Waals surface area contributed by atoms with Crippen LogP contribution >= 0.6 is 15.6 Å². The summed E-state index contributed by atoms with van der Waals surface area (Å²) in [5.41, 5.74) is 0.